The van der Waals surface area contributed by atoms with Crippen molar-refractivity contribution in [1.29, 1.82) is 0 Å². The topological polar surface area (TPSA) is 59.2 Å². The minimum atomic E-state index is 0.0542. The quantitative estimate of drug-likeness (QED) is 0.724. The van der Waals surface area contributed by atoms with E-state index >= 15 is 0 Å². The number of rotatable bonds is 2. The molecule has 1 amide bonds. The van der Waals surface area contributed by atoms with Crippen LogP contribution in [0.15, 0.2) is 47.0 Å². The number of piperidine rings is 1. The van der Waals surface area contributed by atoms with Crippen LogP contribution in [0.4, 0.5) is 0 Å². The number of carbonyl (C=O) groups excluding carboxylic acids is 1. The summed E-state index contributed by atoms with van der Waals surface area (Å²) in [7, 11) is 0. The van der Waals surface area contributed by atoms with Crippen LogP contribution in [-0.4, -0.2) is 33.9 Å². The van der Waals surface area contributed by atoms with Crippen LogP contribution in [0.5, 0.6) is 0 Å². The molecule has 5 nitrogen and oxygen atoms in total. The van der Waals surface area contributed by atoms with Crippen molar-refractivity contribution in [2.45, 2.75) is 25.7 Å². The zero-order chi connectivity index (χ0) is 16.5. The first-order valence-electron chi connectivity index (χ1n) is 8.28. The molecule has 4 rings (SSSR count). The predicted molar refractivity (Wildman–Crippen MR) is 90.9 cm³/mol. The molecule has 3 heterocycles. The van der Waals surface area contributed by atoms with Crippen molar-refractivity contribution < 1.29 is 9.21 Å². The summed E-state index contributed by atoms with van der Waals surface area (Å²) in [6, 6.07) is 11.5. The van der Waals surface area contributed by atoms with Crippen LogP contribution in [0, 0.1) is 6.92 Å². The fraction of sp³-hybridized carbons (Fsp3) is 0.316. The number of aryl methyl sites for hydroxylation is 1. The number of nitrogens with zero attached hydrogens (tertiary/aromatic N) is 3. The summed E-state index contributed by atoms with van der Waals surface area (Å²) in [6.07, 6.45) is 3.40. The van der Waals surface area contributed by atoms with Crippen LogP contribution in [0.1, 0.15) is 40.7 Å². The minimum Gasteiger partial charge on any atom is -0.440 e. The van der Waals surface area contributed by atoms with Gasteiger partial charge in [-0.05, 0) is 44.0 Å². The second-order valence-electron chi connectivity index (χ2n) is 6.27. The molecule has 1 fully saturated rings. The van der Waals surface area contributed by atoms with E-state index in [-0.39, 0.29) is 11.8 Å². The van der Waals surface area contributed by atoms with E-state index in [0.29, 0.717) is 5.56 Å². The number of hydrogen-bond acceptors (Lipinski definition) is 4. The van der Waals surface area contributed by atoms with Gasteiger partial charge >= 0.3 is 0 Å². The van der Waals surface area contributed by atoms with Gasteiger partial charge in [0.2, 0.25) is 0 Å². The highest BCUT2D eigenvalue weighted by Crippen LogP contribution is 2.30. The molecule has 0 unspecified atom stereocenters. The number of para-hydroxylation sites is 2. The molecule has 1 aromatic carbocycles. The van der Waals surface area contributed by atoms with E-state index in [1.165, 1.54) is 0 Å². The molecule has 0 saturated carbocycles. The van der Waals surface area contributed by atoms with E-state index in [0.717, 1.165) is 48.6 Å². The van der Waals surface area contributed by atoms with Crippen molar-refractivity contribution in [3.05, 3.63) is 59.7 Å². The number of amides is 1. The van der Waals surface area contributed by atoms with E-state index in [1.54, 1.807) is 6.20 Å². The number of fused-ring (bicyclic) bond motifs is 1. The molecule has 0 atom stereocenters. The van der Waals surface area contributed by atoms with Gasteiger partial charge in [0, 0.05) is 30.9 Å². The number of carbonyl (C=O) groups is 1. The Morgan fingerprint density at radius 1 is 1.17 bits per heavy atom. The lowest BCUT2D eigenvalue weighted by atomic mass is 9.96. The van der Waals surface area contributed by atoms with Gasteiger partial charge in [0.25, 0.3) is 5.91 Å². The Bertz CT molecular complexity index is 829. The SMILES string of the molecule is Cc1ccc(C(=O)N2CCC(c3nc4ccccc4o3)CC2)cn1. The summed E-state index contributed by atoms with van der Waals surface area (Å²) < 4.78 is 5.88. The highest BCUT2D eigenvalue weighted by molar-refractivity contribution is 5.94. The smallest absolute Gasteiger partial charge is 0.255 e. The number of likely N-dealkylation sites (tertiary alicyclic amines) is 1. The summed E-state index contributed by atoms with van der Waals surface area (Å²) >= 11 is 0. The molecule has 0 bridgehead atoms. The van der Waals surface area contributed by atoms with E-state index in [9.17, 15) is 4.79 Å². The van der Waals surface area contributed by atoms with Crippen LogP contribution in [0.2, 0.25) is 0 Å². The predicted octanol–water partition coefficient (Wildman–Crippen LogP) is 3.55. The van der Waals surface area contributed by atoms with Gasteiger partial charge in [-0.1, -0.05) is 12.1 Å². The van der Waals surface area contributed by atoms with E-state index < -0.39 is 0 Å². The number of hydrogen-bond donors (Lipinski definition) is 0. The van der Waals surface area contributed by atoms with Crippen molar-refractivity contribution >= 4 is 17.0 Å². The first kappa shape index (κ1) is 14.9. The van der Waals surface area contributed by atoms with Gasteiger partial charge < -0.3 is 9.32 Å². The average Bonchev–Trinajstić information content (AvgIpc) is 3.06. The zero-order valence-corrected chi connectivity index (χ0v) is 13.6. The lowest BCUT2D eigenvalue weighted by Gasteiger charge is -2.30. The van der Waals surface area contributed by atoms with Gasteiger partial charge in [-0.15, -0.1) is 0 Å². The molecule has 0 aliphatic carbocycles. The van der Waals surface area contributed by atoms with E-state index in [1.807, 2.05) is 48.2 Å². The number of pyridine rings is 1. The lowest BCUT2D eigenvalue weighted by Crippen LogP contribution is -2.38. The van der Waals surface area contributed by atoms with Gasteiger partial charge in [-0.25, -0.2) is 4.98 Å². The maximum Gasteiger partial charge on any atom is 0.255 e. The van der Waals surface area contributed by atoms with Crippen LogP contribution < -0.4 is 0 Å². The molecule has 1 aliphatic heterocycles. The van der Waals surface area contributed by atoms with Gasteiger partial charge in [-0.2, -0.15) is 0 Å². The third-order valence-corrected chi connectivity index (χ3v) is 4.60. The average molecular weight is 321 g/mol. The summed E-state index contributed by atoms with van der Waals surface area (Å²) in [6.45, 7) is 3.35. The number of oxazole rings is 1. The third kappa shape index (κ3) is 2.77. The van der Waals surface area contributed by atoms with Crippen LogP contribution in [0.25, 0.3) is 11.1 Å². The van der Waals surface area contributed by atoms with Gasteiger partial charge in [-0.3, -0.25) is 9.78 Å². The molecule has 122 valence electrons. The zero-order valence-electron chi connectivity index (χ0n) is 13.6. The van der Waals surface area contributed by atoms with Gasteiger partial charge in [0.05, 0.1) is 5.56 Å². The Labute approximate surface area is 140 Å². The highest BCUT2D eigenvalue weighted by atomic mass is 16.3. The lowest BCUT2D eigenvalue weighted by molar-refractivity contribution is 0.0706. The summed E-state index contributed by atoms with van der Waals surface area (Å²) in [5.74, 6) is 1.12. The second kappa shape index (κ2) is 6.07. The monoisotopic (exact) mass is 321 g/mol. The fourth-order valence-corrected chi connectivity index (χ4v) is 3.17. The second-order valence-corrected chi connectivity index (χ2v) is 6.27. The van der Waals surface area contributed by atoms with Crippen molar-refractivity contribution in [3.63, 3.8) is 0 Å². The number of benzene rings is 1. The van der Waals surface area contributed by atoms with Crippen molar-refractivity contribution in [2.24, 2.45) is 0 Å². The van der Waals surface area contributed by atoms with Gasteiger partial charge in [0.1, 0.15) is 5.52 Å². The molecular formula is C19H19N3O2. The van der Waals surface area contributed by atoms with E-state index in [2.05, 4.69) is 9.97 Å². The Kier molecular flexibility index (Phi) is 3.76. The molecule has 1 aliphatic rings. The molecule has 5 heteroatoms. The molecule has 0 radical (unpaired) electrons. The Morgan fingerprint density at radius 3 is 2.67 bits per heavy atom. The minimum absolute atomic E-state index is 0.0542. The normalized spacial score (nSPS) is 15.8. The first-order valence-corrected chi connectivity index (χ1v) is 8.28. The van der Waals surface area contributed by atoms with Crippen molar-refractivity contribution in [2.75, 3.05) is 13.1 Å². The van der Waals surface area contributed by atoms with Crippen molar-refractivity contribution in [1.82, 2.24) is 14.9 Å². The van der Waals surface area contributed by atoms with Crippen LogP contribution >= 0.6 is 0 Å². The van der Waals surface area contributed by atoms with Crippen molar-refractivity contribution in [3.8, 4) is 0 Å². The largest absolute Gasteiger partial charge is 0.440 e. The Hall–Kier alpha value is -2.69. The third-order valence-electron chi connectivity index (χ3n) is 4.60. The van der Waals surface area contributed by atoms with Crippen LogP contribution in [0.3, 0.4) is 0 Å². The molecule has 1 saturated heterocycles. The Morgan fingerprint density at radius 2 is 1.96 bits per heavy atom. The maximum absolute atomic E-state index is 12.5. The highest BCUT2D eigenvalue weighted by Gasteiger charge is 2.27. The fourth-order valence-electron chi connectivity index (χ4n) is 3.17. The number of aromatic nitrogens is 2. The molecule has 3 aromatic rings. The molecular weight excluding hydrogens is 302 g/mol. The maximum atomic E-state index is 12.5. The molecule has 2 aromatic heterocycles. The van der Waals surface area contributed by atoms with E-state index in [4.69, 9.17) is 4.42 Å². The standard InChI is InChI=1S/C19H19N3O2/c1-13-6-7-15(12-20-13)19(23)22-10-8-14(9-11-22)18-21-16-4-2-3-5-17(16)24-18/h2-7,12,14H,8-11H2,1H3. The summed E-state index contributed by atoms with van der Waals surface area (Å²) in [5, 5.41) is 0. The Balaban J connectivity index is 1.44. The summed E-state index contributed by atoms with van der Waals surface area (Å²) in [4.78, 5) is 23.2. The van der Waals surface area contributed by atoms with Gasteiger partial charge in [0.15, 0.2) is 11.5 Å². The summed E-state index contributed by atoms with van der Waals surface area (Å²) in [5.41, 5.74) is 3.30. The molecule has 24 heavy (non-hydrogen) atoms. The molecule has 0 spiro atoms. The first-order chi connectivity index (χ1) is 11.7. The molecule has 0 N–H and O–H groups in total. The van der Waals surface area contributed by atoms with Crippen LogP contribution in [-0.2, 0) is 0 Å².